The summed E-state index contributed by atoms with van der Waals surface area (Å²) in [7, 11) is 0. The van der Waals surface area contributed by atoms with Gasteiger partial charge in [-0.25, -0.2) is 9.82 Å². The molecule has 0 aliphatic carbocycles. The number of nitrogens with one attached hydrogen (secondary N) is 1. The molecule has 1 N–H and O–H groups in total. The molecule has 0 aromatic heterocycles. The fourth-order valence-electron chi connectivity index (χ4n) is 1.71. The molecule has 0 aliphatic heterocycles. The SMILES string of the molecule is CC(/C=N/NC(=O)c1ccc(F)cc1)=C\c1ccccc1. The van der Waals surface area contributed by atoms with Crippen LogP contribution >= 0.6 is 0 Å². The summed E-state index contributed by atoms with van der Waals surface area (Å²) in [5.74, 6) is -0.754. The summed E-state index contributed by atoms with van der Waals surface area (Å²) in [5.41, 5.74) is 4.73. The molecule has 3 nitrogen and oxygen atoms in total. The molecule has 2 aromatic rings. The van der Waals surface area contributed by atoms with Crippen molar-refractivity contribution in [1.29, 1.82) is 0 Å². The molecule has 0 saturated heterocycles. The van der Waals surface area contributed by atoms with Crippen LogP contribution in [0.2, 0.25) is 0 Å². The van der Waals surface area contributed by atoms with Crippen molar-refractivity contribution in [1.82, 2.24) is 5.43 Å². The van der Waals surface area contributed by atoms with Crippen molar-refractivity contribution >= 4 is 18.2 Å². The highest BCUT2D eigenvalue weighted by Gasteiger charge is 2.03. The van der Waals surface area contributed by atoms with Crippen molar-refractivity contribution in [3.8, 4) is 0 Å². The fourth-order valence-corrected chi connectivity index (χ4v) is 1.71. The minimum absolute atomic E-state index is 0.359. The van der Waals surface area contributed by atoms with E-state index in [9.17, 15) is 9.18 Å². The Morgan fingerprint density at radius 1 is 1.10 bits per heavy atom. The minimum Gasteiger partial charge on any atom is -0.267 e. The predicted octanol–water partition coefficient (Wildman–Crippen LogP) is 3.64. The molecule has 2 rings (SSSR count). The zero-order valence-corrected chi connectivity index (χ0v) is 11.6. The van der Waals surface area contributed by atoms with Crippen molar-refractivity contribution in [2.45, 2.75) is 6.92 Å². The van der Waals surface area contributed by atoms with Crippen LogP contribution in [-0.4, -0.2) is 12.1 Å². The maximum Gasteiger partial charge on any atom is 0.271 e. The summed E-state index contributed by atoms with van der Waals surface area (Å²) >= 11 is 0. The third kappa shape index (κ3) is 4.69. The van der Waals surface area contributed by atoms with Gasteiger partial charge in [0, 0.05) is 5.56 Å². The molecule has 0 fully saturated rings. The first-order valence-electron chi connectivity index (χ1n) is 6.47. The number of halogens is 1. The van der Waals surface area contributed by atoms with Gasteiger partial charge in [0.2, 0.25) is 0 Å². The highest BCUT2D eigenvalue weighted by atomic mass is 19.1. The lowest BCUT2D eigenvalue weighted by Gasteiger charge is -1.99. The highest BCUT2D eigenvalue weighted by molar-refractivity contribution is 5.95. The van der Waals surface area contributed by atoms with Gasteiger partial charge < -0.3 is 0 Å². The molecule has 0 unspecified atom stereocenters. The Balaban J connectivity index is 1.94. The van der Waals surface area contributed by atoms with Gasteiger partial charge in [-0.3, -0.25) is 4.79 Å². The third-order valence-corrected chi connectivity index (χ3v) is 2.73. The molecule has 0 heterocycles. The van der Waals surface area contributed by atoms with Gasteiger partial charge in [-0.05, 0) is 42.3 Å². The van der Waals surface area contributed by atoms with Gasteiger partial charge in [-0.15, -0.1) is 0 Å². The Labute approximate surface area is 122 Å². The quantitative estimate of drug-likeness (QED) is 0.675. The van der Waals surface area contributed by atoms with Gasteiger partial charge in [0.05, 0.1) is 6.21 Å². The lowest BCUT2D eigenvalue weighted by atomic mass is 10.1. The van der Waals surface area contributed by atoms with Crippen LogP contribution in [0.15, 0.2) is 65.3 Å². The summed E-state index contributed by atoms with van der Waals surface area (Å²) in [5, 5.41) is 3.88. The molecule has 0 spiro atoms. The number of hydrazone groups is 1. The summed E-state index contributed by atoms with van der Waals surface area (Å²) in [4.78, 5) is 11.7. The van der Waals surface area contributed by atoms with E-state index in [0.717, 1.165) is 11.1 Å². The second-order valence-corrected chi connectivity index (χ2v) is 4.51. The minimum atomic E-state index is -0.378. The average molecular weight is 282 g/mol. The van der Waals surface area contributed by atoms with E-state index in [1.165, 1.54) is 24.3 Å². The molecule has 0 atom stereocenters. The smallest absolute Gasteiger partial charge is 0.267 e. The molecule has 2 aromatic carbocycles. The zero-order valence-electron chi connectivity index (χ0n) is 11.6. The number of allylic oxidation sites excluding steroid dienone is 1. The topological polar surface area (TPSA) is 41.5 Å². The van der Waals surface area contributed by atoms with E-state index >= 15 is 0 Å². The molecule has 0 bridgehead atoms. The van der Waals surface area contributed by atoms with Crippen LogP contribution in [-0.2, 0) is 0 Å². The van der Waals surface area contributed by atoms with Crippen LogP contribution in [0.25, 0.3) is 6.08 Å². The first-order chi connectivity index (χ1) is 10.1. The number of hydrogen-bond acceptors (Lipinski definition) is 2. The van der Waals surface area contributed by atoms with Crippen LogP contribution in [0.3, 0.4) is 0 Å². The van der Waals surface area contributed by atoms with E-state index in [-0.39, 0.29) is 11.7 Å². The Bertz CT molecular complexity index is 661. The molecule has 0 radical (unpaired) electrons. The molecule has 21 heavy (non-hydrogen) atoms. The van der Waals surface area contributed by atoms with Gasteiger partial charge in [-0.1, -0.05) is 36.4 Å². The molecular formula is C17H15FN2O. The number of carbonyl (C=O) groups excluding carboxylic acids is 1. The molecule has 1 amide bonds. The molecular weight excluding hydrogens is 267 g/mol. The van der Waals surface area contributed by atoms with Gasteiger partial charge in [0.15, 0.2) is 0 Å². The standard InChI is InChI=1S/C17H15FN2O/c1-13(11-14-5-3-2-4-6-14)12-19-20-17(21)15-7-9-16(18)10-8-15/h2-12H,1H3,(H,20,21)/b13-11+,19-12+. The summed E-state index contributed by atoms with van der Waals surface area (Å²) in [6.45, 7) is 1.89. The maximum absolute atomic E-state index is 12.7. The fraction of sp³-hybridized carbons (Fsp3) is 0.0588. The Morgan fingerprint density at radius 3 is 2.43 bits per heavy atom. The van der Waals surface area contributed by atoms with Gasteiger partial charge >= 0.3 is 0 Å². The van der Waals surface area contributed by atoms with E-state index in [4.69, 9.17) is 0 Å². The number of hydrogen-bond donors (Lipinski definition) is 1. The molecule has 0 saturated carbocycles. The number of benzene rings is 2. The van der Waals surface area contributed by atoms with Gasteiger partial charge in [-0.2, -0.15) is 5.10 Å². The Hall–Kier alpha value is -2.75. The van der Waals surface area contributed by atoms with Crippen molar-refractivity contribution in [2.24, 2.45) is 5.10 Å². The third-order valence-electron chi connectivity index (χ3n) is 2.73. The van der Waals surface area contributed by atoms with E-state index in [1.54, 1.807) is 6.21 Å². The van der Waals surface area contributed by atoms with Crippen LogP contribution in [0, 0.1) is 5.82 Å². The first-order valence-corrected chi connectivity index (χ1v) is 6.47. The normalized spacial score (nSPS) is 11.6. The summed E-state index contributed by atoms with van der Waals surface area (Å²) < 4.78 is 12.7. The van der Waals surface area contributed by atoms with Crippen LogP contribution < -0.4 is 5.43 Å². The van der Waals surface area contributed by atoms with Crippen molar-refractivity contribution in [2.75, 3.05) is 0 Å². The summed E-state index contributed by atoms with van der Waals surface area (Å²) in [6.07, 6.45) is 3.52. The summed E-state index contributed by atoms with van der Waals surface area (Å²) in [6, 6.07) is 15.1. The monoisotopic (exact) mass is 282 g/mol. The number of nitrogens with zero attached hydrogens (tertiary/aromatic N) is 1. The molecule has 0 aliphatic rings. The van der Waals surface area contributed by atoms with Crippen LogP contribution in [0.4, 0.5) is 4.39 Å². The molecule has 106 valence electrons. The van der Waals surface area contributed by atoms with Crippen molar-refractivity contribution in [3.63, 3.8) is 0 Å². The number of rotatable bonds is 4. The number of carbonyl (C=O) groups is 1. The Kier molecular flexibility index (Phi) is 4.99. The second kappa shape index (κ2) is 7.14. The maximum atomic E-state index is 12.7. The predicted molar refractivity (Wildman–Crippen MR) is 82.5 cm³/mol. The van der Waals surface area contributed by atoms with Gasteiger partial charge in [0.25, 0.3) is 5.91 Å². The largest absolute Gasteiger partial charge is 0.271 e. The number of amides is 1. The Morgan fingerprint density at radius 2 is 1.76 bits per heavy atom. The lowest BCUT2D eigenvalue weighted by molar-refractivity contribution is 0.0955. The van der Waals surface area contributed by atoms with Crippen LogP contribution in [0.1, 0.15) is 22.8 Å². The lowest BCUT2D eigenvalue weighted by Crippen LogP contribution is -2.17. The first kappa shape index (κ1) is 14.7. The average Bonchev–Trinajstić information content (AvgIpc) is 2.49. The molecule has 4 heteroatoms. The highest BCUT2D eigenvalue weighted by Crippen LogP contribution is 2.05. The second-order valence-electron chi connectivity index (χ2n) is 4.51. The van der Waals surface area contributed by atoms with E-state index < -0.39 is 0 Å². The van der Waals surface area contributed by atoms with E-state index in [0.29, 0.717) is 5.56 Å². The zero-order chi connectivity index (χ0) is 15.1. The van der Waals surface area contributed by atoms with Crippen molar-refractivity contribution in [3.05, 3.63) is 77.1 Å². The van der Waals surface area contributed by atoms with E-state index in [2.05, 4.69) is 10.5 Å². The van der Waals surface area contributed by atoms with E-state index in [1.807, 2.05) is 43.3 Å². The van der Waals surface area contributed by atoms with Crippen molar-refractivity contribution < 1.29 is 9.18 Å². The van der Waals surface area contributed by atoms with Gasteiger partial charge in [0.1, 0.15) is 5.82 Å². The van der Waals surface area contributed by atoms with Crippen LogP contribution in [0.5, 0.6) is 0 Å².